The molecule has 2 heterocycles. The minimum atomic E-state index is -0.520. The van der Waals surface area contributed by atoms with Gasteiger partial charge in [0, 0.05) is 17.7 Å². The van der Waals surface area contributed by atoms with Crippen LogP contribution in [0.4, 0.5) is 0 Å². The van der Waals surface area contributed by atoms with Gasteiger partial charge >= 0.3 is 5.76 Å². The molecule has 0 fully saturated rings. The Labute approximate surface area is 142 Å². The van der Waals surface area contributed by atoms with E-state index in [1.165, 1.54) is 0 Å². The number of nitrogens with one attached hydrogen (secondary N) is 1. The van der Waals surface area contributed by atoms with Crippen molar-refractivity contribution in [3.63, 3.8) is 0 Å². The van der Waals surface area contributed by atoms with E-state index in [0.29, 0.717) is 28.8 Å². The number of carbonyl (C=O) groups excluding carboxylic acids is 2. The largest absolute Gasteiger partial charge is 0.417 e. The summed E-state index contributed by atoms with van der Waals surface area (Å²) in [6, 6.07) is 10.0. The number of primary amides is 1. The normalized spacial score (nSPS) is 16.4. The highest BCUT2D eigenvalue weighted by Gasteiger charge is 2.34. The summed E-state index contributed by atoms with van der Waals surface area (Å²) in [4.78, 5) is 39.6. The summed E-state index contributed by atoms with van der Waals surface area (Å²) in [5, 5.41) is 0. The number of nitrogens with zero attached hydrogens (tertiary/aromatic N) is 1. The highest BCUT2D eigenvalue weighted by molar-refractivity contribution is 6.01. The molecule has 1 unspecified atom stereocenters. The number of carbonyl (C=O) groups is 2. The van der Waals surface area contributed by atoms with Gasteiger partial charge in [0.15, 0.2) is 5.58 Å². The molecule has 1 aromatic heterocycles. The molecule has 0 saturated heterocycles. The average Bonchev–Trinajstić information content (AvgIpc) is 3.06. The number of oxazole rings is 1. The van der Waals surface area contributed by atoms with E-state index in [9.17, 15) is 14.4 Å². The molecule has 25 heavy (non-hydrogen) atoms. The molecule has 0 spiro atoms. The number of rotatable bonds is 3. The predicted octanol–water partition coefficient (Wildman–Crippen LogP) is 1.94. The van der Waals surface area contributed by atoms with Crippen LogP contribution in [0.3, 0.4) is 0 Å². The molecule has 0 bridgehead atoms. The van der Waals surface area contributed by atoms with Crippen molar-refractivity contribution >= 4 is 22.9 Å². The number of aromatic nitrogens is 1. The number of fused-ring (bicyclic) bond motifs is 2. The van der Waals surface area contributed by atoms with E-state index in [2.05, 4.69) is 4.98 Å². The van der Waals surface area contributed by atoms with E-state index >= 15 is 0 Å². The summed E-state index contributed by atoms with van der Waals surface area (Å²) in [6.45, 7) is 2.27. The van der Waals surface area contributed by atoms with E-state index in [0.717, 1.165) is 11.1 Å². The Morgan fingerprint density at radius 1 is 1.24 bits per heavy atom. The van der Waals surface area contributed by atoms with Crippen LogP contribution in [0.1, 0.15) is 44.8 Å². The minimum Gasteiger partial charge on any atom is -0.408 e. The lowest BCUT2D eigenvalue weighted by Gasteiger charge is -2.22. The second kappa shape index (κ2) is 5.34. The fourth-order valence-electron chi connectivity index (χ4n) is 3.25. The number of nitrogens with two attached hydrogens (primary N) is 1. The Bertz CT molecular complexity index is 1080. The van der Waals surface area contributed by atoms with E-state index in [1.807, 2.05) is 13.0 Å². The molecule has 1 aliphatic heterocycles. The molecular formula is C18H15N3O4. The second-order valence-electron chi connectivity index (χ2n) is 6.12. The highest BCUT2D eigenvalue weighted by Crippen LogP contribution is 2.35. The molecule has 1 atom stereocenters. The predicted molar refractivity (Wildman–Crippen MR) is 90.1 cm³/mol. The van der Waals surface area contributed by atoms with Crippen LogP contribution in [0.25, 0.3) is 11.1 Å². The third-order valence-electron chi connectivity index (χ3n) is 4.58. The zero-order valence-electron chi connectivity index (χ0n) is 13.4. The monoisotopic (exact) mass is 337 g/mol. The number of benzene rings is 2. The third-order valence-corrected chi connectivity index (χ3v) is 4.58. The van der Waals surface area contributed by atoms with Gasteiger partial charge in [-0.25, -0.2) is 4.79 Å². The Morgan fingerprint density at radius 2 is 2.04 bits per heavy atom. The number of aromatic amines is 1. The lowest BCUT2D eigenvalue weighted by molar-refractivity contribution is 0.0723. The zero-order chi connectivity index (χ0) is 17.7. The van der Waals surface area contributed by atoms with Gasteiger partial charge in [-0.2, -0.15) is 0 Å². The van der Waals surface area contributed by atoms with Crippen molar-refractivity contribution < 1.29 is 14.0 Å². The van der Waals surface area contributed by atoms with Crippen molar-refractivity contribution in [2.24, 2.45) is 5.73 Å². The van der Waals surface area contributed by atoms with Crippen LogP contribution in [0.5, 0.6) is 0 Å². The summed E-state index contributed by atoms with van der Waals surface area (Å²) in [5.74, 6) is -1.13. The van der Waals surface area contributed by atoms with E-state index in [-0.39, 0.29) is 11.9 Å². The fraction of sp³-hybridized carbons (Fsp3) is 0.167. The van der Waals surface area contributed by atoms with Crippen molar-refractivity contribution in [2.45, 2.75) is 19.5 Å². The molecule has 4 rings (SSSR count). The second-order valence-corrected chi connectivity index (χ2v) is 6.12. The molecular weight excluding hydrogens is 322 g/mol. The van der Waals surface area contributed by atoms with Crippen molar-refractivity contribution in [3.05, 3.63) is 69.2 Å². The third kappa shape index (κ3) is 2.40. The van der Waals surface area contributed by atoms with Crippen molar-refractivity contribution in [1.29, 1.82) is 0 Å². The van der Waals surface area contributed by atoms with E-state index in [1.54, 1.807) is 35.2 Å². The van der Waals surface area contributed by atoms with Crippen LogP contribution in [0.15, 0.2) is 45.6 Å². The Kier molecular flexibility index (Phi) is 3.24. The number of hydrogen-bond acceptors (Lipinski definition) is 4. The van der Waals surface area contributed by atoms with Crippen LogP contribution in [0.2, 0.25) is 0 Å². The van der Waals surface area contributed by atoms with Crippen LogP contribution in [0, 0.1) is 0 Å². The van der Waals surface area contributed by atoms with Crippen LogP contribution >= 0.6 is 0 Å². The first-order valence-corrected chi connectivity index (χ1v) is 7.80. The molecule has 2 aromatic carbocycles. The van der Waals surface area contributed by atoms with Crippen LogP contribution in [-0.2, 0) is 6.54 Å². The molecule has 3 aromatic rings. The quantitative estimate of drug-likeness (QED) is 0.761. The van der Waals surface area contributed by atoms with Gasteiger partial charge in [-0.1, -0.05) is 6.07 Å². The van der Waals surface area contributed by atoms with Crippen molar-refractivity contribution in [2.75, 3.05) is 0 Å². The molecule has 126 valence electrons. The molecule has 0 aliphatic carbocycles. The Hall–Kier alpha value is -3.35. The molecule has 7 nitrogen and oxygen atoms in total. The number of hydrogen-bond donors (Lipinski definition) is 2. The smallest absolute Gasteiger partial charge is 0.408 e. The summed E-state index contributed by atoms with van der Waals surface area (Å²) < 4.78 is 5.06. The first-order valence-electron chi connectivity index (χ1n) is 7.80. The van der Waals surface area contributed by atoms with Gasteiger partial charge < -0.3 is 15.1 Å². The number of amides is 2. The van der Waals surface area contributed by atoms with Crippen molar-refractivity contribution in [1.82, 2.24) is 9.88 Å². The Balaban J connectivity index is 1.67. The zero-order valence-corrected chi connectivity index (χ0v) is 13.4. The molecule has 0 saturated carbocycles. The lowest BCUT2D eigenvalue weighted by atomic mass is 10.0. The summed E-state index contributed by atoms with van der Waals surface area (Å²) in [6.07, 6.45) is 0. The summed E-state index contributed by atoms with van der Waals surface area (Å²) in [5.41, 5.74) is 8.99. The minimum absolute atomic E-state index is 0.103. The van der Waals surface area contributed by atoms with E-state index < -0.39 is 11.7 Å². The lowest BCUT2D eigenvalue weighted by Crippen LogP contribution is -2.26. The van der Waals surface area contributed by atoms with Crippen LogP contribution < -0.4 is 11.5 Å². The maximum absolute atomic E-state index is 12.7. The van der Waals surface area contributed by atoms with Crippen molar-refractivity contribution in [3.8, 4) is 0 Å². The summed E-state index contributed by atoms with van der Waals surface area (Å²) >= 11 is 0. The van der Waals surface area contributed by atoms with Gasteiger partial charge in [-0.3, -0.25) is 14.6 Å². The molecule has 2 amide bonds. The maximum Gasteiger partial charge on any atom is 0.417 e. The maximum atomic E-state index is 12.7. The van der Waals surface area contributed by atoms with Gasteiger partial charge in [0.05, 0.1) is 11.6 Å². The first kappa shape index (κ1) is 15.2. The van der Waals surface area contributed by atoms with Gasteiger partial charge in [0.2, 0.25) is 5.91 Å². The van der Waals surface area contributed by atoms with Gasteiger partial charge in [-0.15, -0.1) is 0 Å². The van der Waals surface area contributed by atoms with Gasteiger partial charge in [0.25, 0.3) is 5.91 Å². The fourth-order valence-corrected chi connectivity index (χ4v) is 3.25. The topological polar surface area (TPSA) is 109 Å². The van der Waals surface area contributed by atoms with Gasteiger partial charge in [-0.05, 0) is 48.4 Å². The Morgan fingerprint density at radius 3 is 2.80 bits per heavy atom. The highest BCUT2D eigenvalue weighted by atomic mass is 16.4. The van der Waals surface area contributed by atoms with Crippen LogP contribution in [-0.4, -0.2) is 21.7 Å². The molecule has 3 N–H and O–H groups in total. The average molecular weight is 337 g/mol. The molecule has 7 heteroatoms. The summed E-state index contributed by atoms with van der Waals surface area (Å²) in [7, 11) is 0. The molecule has 1 aliphatic rings. The van der Waals surface area contributed by atoms with E-state index in [4.69, 9.17) is 10.2 Å². The van der Waals surface area contributed by atoms with Gasteiger partial charge in [0.1, 0.15) is 0 Å². The first-order chi connectivity index (χ1) is 11.9. The molecule has 0 radical (unpaired) electrons. The SMILES string of the molecule is CC1c2cc(C(N)=O)ccc2C(=O)N1Cc1ccc2[nH]c(=O)oc2c1. The number of H-pyrrole nitrogens is 1. The standard InChI is InChI=1S/C18H15N3O4/c1-9-13-7-11(16(19)22)3-4-12(13)17(23)21(9)8-10-2-5-14-15(6-10)25-18(24)20-14/h2-7,9H,8H2,1H3,(H2,19,22)(H,20,24).